The lowest BCUT2D eigenvalue weighted by Crippen LogP contribution is -2.60. The van der Waals surface area contributed by atoms with Gasteiger partial charge in [-0.25, -0.2) is 0 Å². The van der Waals surface area contributed by atoms with Crippen molar-refractivity contribution in [2.75, 3.05) is 26.2 Å². The zero-order valence-corrected chi connectivity index (χ0v) is 9.32. The first-order valence-corrected chi connectivity index (χ1v) is 5.85. The number of ether oxygens (including phenoxy) is 1. The third kappa shape index (κ3) is 2.01. The Kier molecular flexibility index (Phi) is 3.26. The number of amides is 1. The first-order valence-electron chi connectivity index (χ1n) is 5.85. The molecule has 2 bridgehead atoms. The molecule has 0 unspecified atom stereocenters. The lowest BCUT2D eigenvalue weighted by atomic mass is 9.68. The van der Waals surface area contributed by atoms with Gasteiger partial charge in [0.25, 0.3) is 0 Å². The highest BCUT2D eigenvalue weighted by atomic mass is 16.5. The number of nitrogens with zero attached hydrogens (tertiary/aromatic N) is 1. The molecule has 3 aliphatic rings. The summed E-state index contributed by atoms with van der Waals surface area (Å²) in [6.07, 6.45) is 2.13. The van der Waals surface area contributed by atoms with Crippen LogP contribution in [0.15, 0.2) is 0 Å². The molecular formula is C11H20N2O2. The Morgan fingerprint density at radius 2 is 2.13 bits per heavy atom. The summed E-state index contributed by atoms with van der Waals surface area (Å²) in [5.74, 6) is 1.36. The minimum Gasteiger partial charge on any atom is -0.378 e. The quantitative estimate of drug-likeness (QED) is 0.725. The Hall–Kier alpha value is -0.610. The maximum Gasteiger partial charge on any atom is 0.223 e. The summed E-state index contributed by atoms with van der Waals surface area (Å²) in [6, 6.07) is 0. The van der Waals surface area contributed by atoms with E-state index in [0.29, 0.717) is 30.9 Å². The second kappa shape index (κ2) is 4.49. The number of nitrogens with two attached hydrogens (primary N) is 1. The SMILES string of the molecule is CCOC1[C@H]2C[C@H]1CN(C(=O)CCN)C2. The molecule has 2 atom stereocenters. The molecule has 2 aliphatic heterocycles. The molecule has 0 aromatic heterocycles. The normalized spacial score (nSPS) is 33.7. The van der Waals surface area contributed by atoms with E-state index in [9.17, 15) is 4.79 Å². The van der Waals surface area contributed by atoms with E-state index in [2.05, 4.69) is 0 Å². The van der Waals surface area contributed by atoms with Gasteiger partial charge in [0.15, 0.2) is 0 Å². The van der Waals surface area contributed by atoms with Crippen LogP contribution in [0.25, 0.3) is 0 Å². The molecule has 3 fully saturated rings. The highest BCUT2D eigenvalue weighted by molar-refractivity contribution is 5.76. The van der Waals surface area contributed by atoms with Crippen molar-refractivity contribution in [1.82, 2.24) is 4.90 Å². The van der Waals surface area contributed by atoms with E-state index < -0.39 is 0 Å². The maximum absolute atomic E-state index is 11.6. The van der Waals surface area contributed by atoms with Gasteiger partial charge in [0, 0.05) is 44.5 Å². The van der Waals surface area contributed by atoms with Crippen LogP contribution in [0.5, 0.6) is 0 Å². The molecule has 4 nitrogen and oxygen atoms in total. The van der Waals surface area contributed by atoms with Crippen molar-refractivity contribution >= 4 is 5.91 Å². The number of piperidine rings is 2. The summed E-state index contributed by atoms with van der Waals surface area (Å²) in [4.78, 5) is 13.6. The van der Waals surface area contributed by atoms with Crippen LogP contribution in [0.1, 0.15) is 19.8 Å². The Balaban J connectivity index is 1.84. The molecule has 2 heterocycles. The highest BCUT2D eigenvalue weighted by Crippen LogP contribution is 2.42. The highest BCUT2D eigenvalue weighted by Gasteiger charge is 2.48. The van der Waals surface area contributed by atoms with Gasteiger partial charge in [0.1, 0.15) is 0 Å². The van der Waals surface area contributed by atoms with Crippen LogP contribution in [0.2, 0.25) is 0 Å². The summed E-state index contributed by atoms with van der Waals surface area (Å²) < 4.78 is 5.67. The molecule has 0 spiro atoms. The molecule has 15 heavy (non-hydrogen) atoms. The topological polar surface area (TPSA) is 55.6 Å². The first-order chi connectivity index (χ1) is 7.26. The van der Waals surface area contributed by atoms with E-state index in [1.807, 2.05) is 11.8 Å². The molecule has 3 rings (SSSR count). The summed E-state index contributed by atoms with van der Waals surface area (Å²) in [5, 5.41) is 0. The van der Waals surface area contributed by atoms with Crippen LogP contribution >= 0.6 is 0 Å². The van der Waals surface area contributed by atoms with Crippen LogP contribution in [0.4, 0.5) is 0 Å². The van der Waals surface area contributed by atoms with E-state index in [1.54, 1.807) is 0 Å². The van der Waals surface area contributed by atoms with Crippen molar-refractivity contribution < 1.29 is 9.53 Å². The average molecular weight is 212 g/mol. The van der Waals surface area contributed by atoms with Gasteiger partial charge in [-0.05, 0) is 13.3 Å². The molecular weight excluding hydrogens is 192 g/mol. The van der Waals surface area contributed by atoms with Crippen molar-refractivity contribution in [2.45, 2.75) is 25.9 Å². The molecule has 0 aromatic rings. The minimum absolute atomic E-state index is 0.210. The number of carbonyl (C=O) groups excluding carboxylic acids is 1. The number of hydrogen-bond donors (Lipinski definition) is 1. The number of carbonyl (C=O) groups is 1. The third-order valence-corrected chi connectivity index (χ3v) is 3.51. The molecule has 1 saturated carbocycles. The van der Waals surface area contributed by atoms with Gasteiger partial charge in [-0.3, -0.25) is 4.79 Å². The molecule has 0 radical (unpaired) electrons. The molecule has 2 saturated heterocycles. The van der Waals surface area contributed by atoms with Gasteiger partial charge in [-0.15, -0.1) is 0 Å². The van der Waals surface area contributed by atoms with Gasteiger partial charge in [0.2, 0.25) is 5.91 Å². The molecule has 2 N–H and O–H groups in total. The van der Waals surface area contributed by atoms with Gasteiger partial charge in [-0.1, -0.05) is 0 Å². The van der Waals surface area contributed by atoms with Gasteiger partial charge in [-0.2, -0.15) is 0 Å². The Morgan fingerprint density at radius 3 is 2.67 bits per heavy atom. The van der Waals surface area contributed by atoms with Crippen LogP contribution in [0.3, 0.4) is 0 Å². The van der Waals surface area contributed by atoms with Crippen molar-refractivity contribution in [2.24, 2.45) is 17.6 Å². The summed E-state index contributed by atoms with van der Waals surface area (Å²) >= 11 is 0. The average Bonchev–Trinajstić information content (AvgIpc) is 2.26. The first kappa shape index (κ1) is 10.9. The Morgan fingerprint density at radius 1 is 1.47 bits per heavy atom. The Labute approximate surface area is 90.8 Å². The zero-order chi connectivity index (χ0) is 10.8. The number of fused-ring (bicyclic) bond motifs is 2. The van der Waals surface area contributed by atoms with Crippen LogP contribution < -0.4 is 5.73 Å². The van der Waals surface area contributed by atoms with Crippen LogP contribution in [0, 0.1) is 11.8 Å². The van der Waals surface area contributed by atoms with E-state index >= 15 is 0 Å². The maximum atomic E-state index is 11.6. The van der Waals surface area contributed by atoms with Crippen LogP contribution in [-0.4, -0.2) is 43.2 Å². The predicted octanol–water partition coefficient (Wildman–Crippen LogP) is 0.219. The van der Waals surface area contributed by atoms with E-state index in [0.717, 1.165) is 19.7 Å². The predicted molar refractivity (Wildman–Crippen MR) is 57.3 cm³/mol. The fraction of sp³-hybridized carbons (Fsp3) is 0.909. The second-order valence-corrected chi connectivity index (χ2v) is 4.51. The molecule has 1 amide bonds. The number of rotatable bonds is 4. The van der Waals surface area contributed by atoms with Crippen molar-refractivity contribution in [3.8, 4) is 0 Å². The summed E-state index contributed by atoms with van der Waals surface area (Å²) in [5.41, 5.74) is 5.38. The minimum atomic E-state index is 0.210. The summed E-state index contributed by atoms with van der Waals surface area (Å²) in [7, 11) is 0. The fourth-order valence-electron chi connectivity index (χ4n) is 2.79. The van der Waals surface area contributed by atoms with E-state index in [-0.39, 0.29) is 5.91 Å². The van der Waals surface area contributed by atoms with Crippen molar-refractivity contribution in [3.63, 3.8) is 0 Å². The molecule has 4 heteroatoms. The Bertz CT molecular complexity index is 233. The van der Waals surface area contributed by atoms with E-state index in [4.69, 9.17) is 10.5 Å². The largest absolute Gasteiger partial charge is 0.378 e. The zero-order valence-electron chi connectivity index (χ0n) is 9.32. The fourth-order valence-corrected chi connectivity index (χ4v) is 2.79. The molecule has 86 valence electrons. The standard InChI is InChI=1S/C11H20N2O2/c1-2-15-11-8-5-9(11)7-13(6-8)10(14)3-4-12/h8-9,11H,2-7,12H2,1H3/t8-,9-/m0/s1. The second-order valence-electron chi connectivity index (χ2n) is 4.51. The smallest absolute Gasteiger partial charge is 0.223 e. The lowest BCUT2D eigenvalue weighted by molar-refractivity contribution is -0.160. The molecule has 0 aromatic carbocycles. The van der Waals surface area contributed by atoms with Crippen molar-refractivity contribution in [1.29, 1.82) is 0 Å². The van der Waals surface area contributed by atoms with Crippen molar-refractivity contribution in [3.05, 3.63) is 0 Å². The van der Waals surface area contributed by atoms with E-state index in [1.165, 1.54) is 6.42 Å². The number of hydrogen-bond acceptors (Lipinski definition) is 3. The lowest BCUT2D eigenvalue weighted by Gasteiger charge is -2.53. The molecule has 1 aliphatic carbocycles. The monoisotopic (exact) mass is 212 g/mol. The van der Waals surface area contributed by atoms with Gasteiger partial charge >= 0.3 is 0 Å². The summed E-state index contributed by atoms with van der Waals surface area (Å²) in [6.45, 7) is 5.03. The van der Waals surface area contributed by atoms with Gasteiger partial charge < -0.3 is 15.4 Å². The van der Waals surface area contributed by atoms with Crippen LogP contribution in [-0.2, 0) is 9.53 Å². The van der Waals surface area contributed by atoms with Gasteiger partial charge in [0.05, 0.1) is 6.10 Å². The third-order valence-electron chi connectivity index (χ3n) is 3.51.